The lowest BCUT2D eigenvalue weighted by Gasteiger charge is -2.35. The maximum absolute atomic E-state index is 13.0. The molecular weight excluding hydrogens is 290 g/mol. The molecule has 5 heteroatoms. The van der Waals surface area contributed by atoms with E-state index in [0.29, 0.717) is 6.42 Å². The highest BCUT2D eigenvalue weighted by Gasteiger charge is 2.38. The second-order valence-corrected chi connectivity index (χ2v) is 7.72. The highest BCUT2D eigenvalue weighted by atomic mass is 16.1. The number of hydrogen-bond acceptors (Lipinski definition) is 4. The summed E-state index contributed by atoms with van der Waals surface area (Å²) in [7, 11) is 0. The molecule has 1 atom stereocenters. The van der Waals surface area contributed by atoms with E-state index >= 15 is 0 Å². The van der Waals surface area contributed by atoms with Crippen molar-refractivity contribution in [2.24, 2.45) is 11.3 Å². The van der Waals surface area contributed by atoms with Gasteiger partial charge in [-0.05, 0) is 20.3 Å². The fraction of sp³-hybridized carbons (Fsp3) is 0.722. The van der Waals surface area contributed by atoms with Crippen LogP contribution >= 0.6 is 0 Å². The van der Waals surface area contributed by atoms with Crippen molar-refractivity contribution in [2.75, 3.05) is 0 Å². The maximum Gasteiger partial charge on any atom is 0.155 e. The third-order valence-electron chi connectivity index (χ3n) is 4.52. The molecule has 0 aliphatic rings. The Bertz CT molecular complexity index is 530. The smallest absolute Gasteiger partial charge is 0.155 e. The van der Waals surface area contributed by atoms with Crippen molar-refractivity contribution in [2.45, 2.75) is 72.9 Å². The molecule has 0 amide bonds. The van der Waals surface area contributed by atoms with Crippen LogP contribution in [0, 0.1) is 11.3 Å². The lowest BCUT2D eigenvalue weighted by molar-refractivity contribution is -0.132. The molecule has 0 fully saturated rings. The lowest BCUT2D eigenvalue weighted by atomic mass is 9.79. The summed E-state index contributed by atoms with van der Waals surface area (Å²) in [6, 6.07) is -0.428. The summed E-state index contributed by atoms with van der Waals surface area (Å²) in [5.41, 5.74) is -0.303. The molecule has 1 aromatic heterocycles. The number of nitrogens with one attached hydrogen (secondary N) is 2. The molecule has 130 valence electrons. The maximum atomic E-state index is 13.0. The number of Topliss-reactive ketones (excluding diaryl/α,β-unsaturated/α-hetero) is 2. The van der Waals surface area contributed by atoms with Crippen molar-refractivity contribution >= 4 is 11.6 Å². The van der Waals surface area contributed by atoms with E-state index in [-0.39, 0.29) is 17.5 Å². The average molecular weight is 321 g/mol. The van der Waals surface area contributed by atoms with Crippen LogP contribution in [0.2, 0.25) is 0 Å². The summed E-state index contributed by atoms with van der Waals surface area (Å²) >= 11 is 0. The van der Waals surface area contributed by atoms with Crippen LogP contribution < -0.4 is 5.32 Å². The first kappa shape index (κ1) is 19.6. The van der Waals surface area contributed by atoms with E-state index in [1.54, 1.807) is 12.5 Å². The molecule has 0 radical (unpaired) electrons. The molecule has 0 aliphatic heterocycles. The number of aromatic amines is 1. The number of imidazole rings is 1. The fourth-order valence-electron chi connectivity index (χ4n) is 2.70. The van der Waals surface area contributed by atoms with Crippen molar-refractivity contribution < 1.29 is 9.59 Å². The number of rotatable bonds is 9. The van der Waals surface area contributed by atoms with Crippen LogP contribution in [0.5, 0.6) is 0 Å². The molecule has 0 saturated heterocycles. The first-order chi connectivity index (χ1) is 10.5. The summed E-state index contributed by atoms with van der Waals surface area (Å²) in [4.78, 5) is 32.5. The average Bonchev–Trinajstić information content (AvgIpc) is 2.97. The predicted molar refractivity (Wildman–Crippen MR) is 92.2 cm³/mol. The number of carbonyl (C=O) groups is 2. The van der Waals surface area contributed by atoms with Gasteiger partial charge in [-0.15, -0.1) is 0 Å². The minimum atomic E-state index is -0.752. The highest BCUT2D eigenvalue weighted by Crippen LogP contribution is 2.25. The van der Waals surface area contributed by atoms with Gasteiger partial charge < -0.3 is 4.98 Å². The fourth-order valence-corrected chi connectivity index (χ4v) is 2.70. The van der Waals surface area contributed by atoms with Gasteiger partial charge in [0.2, 0.25) is 0 Å². The van der Waals surface area contributed by atoms with E-state index in [4.69, 9.17) is 0 Å². The first-order valence-corrected chi connectivity index (χ1v) is 8.35. The van der Waals surface area contributed by atoms with Gasteiger partial charge in [0.05, 0.1) is 17.9 Å². The van der Waals surface area contributed by atoms with Crippen LogP contribution in [-0.4, -0.2) is 33.1 Å². The number of carbonyl (C=O) groups excluding carboxylic acids is 2. The second-order valence-electron chi connectivity index (χ2n) is 7.72. The molecule has 0 aliphatic carbocycles. The number of aromatic nitrogens is 2. The third-order valence-corrected chi connectivity index (χ3v) is 4.52. The van der Waals surface area contributed by atoms with Crippen LogP contribution in [0.3, 0.4) is 0 Å². The Balaban J connectivity index is 3.04. The van der Waals surface area contributed by atoms with Gasteiger partial charge in [0.15, 0.2) is 11.6 Å². The standard InChI is InChI=1S/C18H31N3O2/c1-8-17(4,5)16(23)14(9-13-10-19-11-20-13)21-18(6,7)15(22)12(2)3/h10-12,14,21H,8-9H2,1-7H3,(H,19,20)/t14-/m0/s1. The van der Waals surface area contributed by atoms with E-state index < -0.39 is 17.0 Å². The summed E-state index contributed by atoms with van der Waals surface area (Å²) in [6.07, 6.45) is 4.58. The van der Waals surface area contributed by atoms with Crippen molar-refractivity contribution in [3.63, 3.8) is 0 Å². The van der Waals surface area contributed by atoms with E-state index in [0.717, 1.165) is 12.1 Å². The van der Waals surface area contributed by atoms with Crippen molar-refractivity contribution in [3.8, 4) is 0 Å². The van der Waals surface area contributed by atoms with Crippen LogP contribution in [0.1, 0.15) is 60.6 Å². The zero-order valence-electron chi connectivity index (χ0n) is 15.5. The van der Waals surface area contributed by atoms with Crippen LogP contribution in [0.25, 0.3) is 0 Å². The van der Waals surface area contributed by atoms with Gasteiger partial charge in [-0.25, -0.2) is 4.98 Å². The Morgan fingerprint density at radius 2 is 1.83 bits per heavy atom. The SMILES string of the molecule is CCC(C)(C)C(=O)[C@H](Cc1cnc[nH]1)NC(C)(C)C(=O)C(C)C. The van der Waals surface area contributed by atoms with Gasteiger partial charge in [-0.2, -0.15) is 0 Å². The number of nitrogens with zero attached hydrogens (tertiary/aromatic N) is 1. The van der Waals surface area contributed by atoms with Gasteiger partial charge in [0.1, 0.15) is 0 Å². The first-order valence-electron chi connectivity index (χ1n) is 8.35. The quantitative estimate of drug-likeness (QED) is 0.733. The van der Waals surface area contributed by atoms with Crippen molar-refractivity contribution in [3.05, 3.63) is 18.2 Å². The predicted octanol–water partition coefficient (Wildman–Crippen LogP) is 2.92. The molecule has 1 heterocycles. The Morgan fingerprint density at radius 1 is 1.22 bits per heavy atom. The summed E-state index contributed by atoms with van der Waals surface area (Å²) in [6.45, 7) is 13.4. The Kier molecular flexibility index (Phi) is 6.28. The molecule has 2 N–H and O–H groups in total. The van der Waals surface area contributed by atoms with Crippen molar-refractivity contribution in [1.29, 1.82) is 0 Å². The van der Waals surface area contributed by atoms with Gasteiger partial charge in [0.25, 0.3) is 0 Å². The molecule has 23 heavy (non-hydrogen) atoms. The van der Waals surface area contributed by atoms with E-state index in [9.17, 15) is 9.59 Å². The third kappa shape index (κ3) is 4.99. The van der Waals surface area contributed by atoms with Gasteiger partial charge in [0, 0.05) is 29.6 Å². The van der Waals surface area contributed by atoms with E-state index in [2.05, 4.69) is 15.3 Å². The lowest BCUT2D eigenvalue weighted by Crippen LogP contribution is -2.58. The molecule has 0 aromatic carbocycles. The minimum Gasteiger partial charge on any atom is -0.348 e. The van der Waals surface area contributed by atoms with E-state index in [1.807, 2.05) is 48.5 Å². The monoisotopic (exact) mass is 321 g/mol. The Labute approximate surface area is 139 Å². The summed E-state index contributed by atoms with van der Waals surface area (Å²) in [5.74, 6) is 0.146. The zero-order chi connectivity index (χ0) is 17.8. The summed E-state index contributed by atoms with van der Waals surface area (Å²) < 4.78 is 0. The van der Waals surface area contributed by atoms with E-state index in [1.165, 1.54) is 0 Å². The molecule has 0 spiro atoms. The Hall–Kier alpha value is -1.49. The largest absolute Gasteiger partial charge is 0.348 e. The van der Waals surface area contributed by atoms with Crippen LogP contribution in [0.4, 0.5) is 0 Å². The number of ketones is 2. The summed E-state index contributed by atoms with van der Waals surface area (Å²) in [5, 5.41) is 3.31. The van der Waals surface area contributed by atoms with Gasteiger partial charge in [-0.3, -0.25) is 14.9 Å². The molecule has 1 rings (SSSR count). The normalized spacial score (nSPS) is 14.1. The highest BCUT2D eigenvalue weighted by molar-refractivity contribution is 5.92. The molecule has 5 nitrogen and oxygen atoms in total. The topological polar surface area (TPSA) is 74.8 Å². The molecule has 1 aromatic rings. The molecule has 0 bridgehead atoms. The number of hydrogen-bond donors (Lipinski definition) is 2. The van der Waals surface area contributed by atoms with Gasteiger partial charge in [-0.1, -0.05) is 34.6 Å². The number of H-pyrrole nitrogens is 1. The minimum absolute atomic E-state index is 0.0837. The van der Waals surface area contributed by atoms with Crippen molar-refractivity contribution in [1.82, 2.24) is 15.3 Å². The second kappa shape index (κ2) is 7.39. The zero-order valence-corrected chi connectivity index (χ0v) is 15.5. The molecular formula is C18H31N3O2. The van der Waals surface area contributed by atoms with Crippen LogP contribution in [0.15, 0.2) is 12.5 Å². The Morgan fingerprint density at radius 3 is 2.26 bits per heavy atom. The molecule has 0 saturated carbocycles. The molecule has 0 unspecified atom stereocenters. The van der Waals surface area contributed by atoms with Crippen LogP contribution in [-0.2, 0) is 16.0 Å². The van der Waals surface area contributed by atoms with Gasteiger partial charge >= 0.3 is 0 Å².